The first-order valence-corrected chi connectivity index (χ1v) is 7.78. The summed E-state index contributed by atoms with van der Waals surface area (Å²) in [5.74, 6) is 1.14. The van der Waals surface area contributed by atoms with Crippen LogP contribution in [0.15, 0.2) is 24.3 Å². The van der Waals surface area contributed by atoms with Crippen LogP contribution in [-0.4, -0.2) is 5.67 Å². The van der Waals surface area contributed by atoms with Crippen LogP contribution >= 0.6 is 0 Å². The summed E-state index contributed by atoms with van der Waals surface area (Å²) in [5, 5.41) is 0. The monoisotopic (exact) mass is 250 g/mol. The number of unbranched alkanes of at least 4 members (excludes halogenated alkanes) is 2. The lowest BCUT2D eigenvalue weighted by Gasteiger charge is -2.37. The second kappa shape index (κ2) is 6.54. The van der Waals surface area contributed by atoms with Crippen LogP contribution in [0.5, 0.6) is 0 Å². The van der Waals surface area contributed by atoms with Crippen LogP contribution in [0.3, 0.4) is 0 Å². The van der Waals surface area contributed by atoms with Gasteiger partial charge in [0.1, 0.15) is 5.67 Å². The molecule has 1 atom stereocenters. The maximum absolute atomic E-state index is 14.8. The van der Waals surface area contributed by atoms with Crippen LogP contribution in [0.4, 0.5) is 4.39 Å². The lowest BCUT2D eigenvalue weighted by atomic mass is 9.71. The number of allylic oxidation sites excluding steroid dienone is 4. The summed E-state index contributed by atoms with van der Waals surface area (Å²) in [5.41, 5.74) is -1.04. The Kier molecular flexibility index (Phi) is 5.03. The molecule has 0 saturated heterocycles. The highest BCUT2D eigenvalue weighted by Gasteiger charge is 2.38. The standard InChI is InChI=1S/C17H27F/c1-2-3-5-8-15-9-11-16(12-10-15)17(18)13-6-4-7-14-17/h4,6-7,13,15-16H,2-3,5,8-12,14H2,1H3. The maximum atomic E-state index is 14.8. The Hall–Kier alpha value is -0.590. The van der Waals surface area contributed by atoms with Crippen molar-refractivity contribution in [2.75, 3.05) is 0 Å². The molecular formula is C17H27F. The highest BCUT2D eigenvalue weighted by molar-refractivity contribution is 5.19. The van der Waals surface area contributed by atoms with E-state index in [0.29, 0.717) is 6.42 Å². The lowest BCUT2D eigenvalue weighted by Crippen LogP contribution is -2.34. The Balaban J connectivity index is 1.76. The minimum atomic E-state index is -1.04. The van der Waals surface area contributed by atoms with Crippen LogP contribution in [0.2, 0.25) is 0 Å². The van der Waals surface area contributed by atoms with Crippen molar-refractivity contribution < 1.29 is 4.39 Å². The normalized spacial score (nSPS) is 35.9. The fourth-order valence-electron chi connectivity index (χ4n) is 3.53. The Bertz CT molecular complexity index is 297. The summed E-state index contributed by atoms with van der Waals surface area (Å²) in [7, 11) is 0. The topological polar surface area (TPSA) is 0 Å². The molecule has 2 rings (SSSR count). The van der Waals surface area contributed by atoms with Gasteiger partial charge >= 0.3 is 0 Å². The SMILES string of the molecule is CCCCCC1CCC(C2(F)C=CC=CC2)CC1. The zero-order valence-electron chi connectivity index (χ0n) is 11.7. The zero-order chi connectivity index (χ0) is 12.8. The third-order valence-corrected chi connectivity index (χ3v) is 4.79. The molecule has 0 bridgehead atoms. The lowest BCUT2D eigenvalue weighted by molar-refractivity contribution is 0.0887. The molecule has 1 unspecified atom stereocenters. The van der Waals surface area contributed by atoms with Gasteiger partial charge in [-0.25, -0.2) is 4.39 Å². The molecule has 1 heteroatoms. The van der Waals surface area contributed by atoms with E-state index in [9.17, 15) is 4.39 Å². The first-order valence-electron chi connectivity index (χ1n) is 7.78. The third kappa shape index (κ3) is 3.46. The van der Waals surface area contributed by atoms with Crippen molar-refractivity contribution in [1.29, 1.82) is 0 Å². The van der Waals surface area contributed by atoms with Crippen molar-refractivity contribution in [1.82, 2.24) is 0 Å². The van der Waals surface area contributed by atoms with E-state index in [1.807, 2.05) is 18.2 Å². The first kappa shape index (κ1) is 13.8. The summed E-state index contributed by atoms with van der Waals surface area (Å²) >= 11 is 0. The molecule has 2 aliphatic carbocycles. The van der Waals surface area contributed by atoms with Crippen molar-refractivity contribution in [2.45, 2.75) is 70.4 Å². The Morgan fingerprint density at radius 2 is 1.89 bits per heavy atom. The molecule has 0 spiro atoms. The van der Waals surface area contributed by atoms with Crippen molar-refractivity contribution in [3.05, 3.63) is 24.3 Å². The molecule has 18 heavy (non-hydrogen) atoms. The largest absolute Gasteiger partial charge is 0.239 e. The molecule has 0 nitrogen and oxygen atoms in total. The zero-order valence-corrected chi connectivity index (χ0v) is 11.7. The predicted octanol–water partition coefficient (Wildman–Crippen LogP) is 5.60. The smallest absolute Gasteiger partial charge is 0.135 e. The Labute approximate surface area is 111 Å². The molecule has 0 aromatic rings. The Morgan fingerprint density at radius 1 is 1.11 bits per heavy atom. The number of hydrogen-bond donors (Lipinski definition) is 0. The minimum Gasteiger partial charge on any atom is -0.239 e. The minimum absolute atomic E-state index is 0.265. The van der Waals surface area contributed by atoms with Gasteiger partial charge < -0.3 is 0 Å². The fourth-order valence-corrected chi connectivity index (χ4v) is 3.53. The van der Waals surface area contributed by atoms with E-state index in [-0.39, 0.29) is 5.92 Å². The Morgan fingerprint density at radius 3 is 2.50 bits per heavy atom. The summed E-state index contributed by atoms with van der Waals surface area (Å²) in [6.07, 6.45) is 18.3. The highest BCUT2D eigenvalue weighted by Crippen LogP contribution is 2.42. The van der Waals surface area contributed by atoms with Crippen molar-refractivity contribution >= 4 is 0 Å². The quantitative estimate of drug-likeness (QED) is 0.557. The van der Waals surface area contributed by atoms with Gasteiger partial charge in [0.25, 0.3) is 0 Å². The first-order chi connectivity index (χ1) is 8.74. The highest BCUT2D eigenvalue weighted by atomic mass is 19.1. The maximum Gasteiger partial charge on any atom is 0.135 e. The molecule has 0 radical (unpaired) electrons. The molecular weight excluding hydrogens is 223 g/mol. The summed E-state index contributed by atoms with van der Waals surface area (Å²) in [6, 6.07) is 0. The van der Waals surface area contributed by atoms with E-state index < -0.39 is 5.67 Å². The van der Waals surface area contributed by atoms with E-state index >= 15 is 0 Å². The number of alkyl halides is 1. The van der Waals surface area contributed by atoms with Crippen LogP contribution in [-0.2, 0) is 0 Å². The third-order valence-electron chi connectivity index (χ3n) is 4.79. The molecule has 0 aliphatic heterocycles. The van der Waals surface area contributed by atoms with Gasteiger partial charge in [-0.3, -0.25) is 0 Å². The van der Waals surface area contributed by atoms with Gasteiger partial charge in [0.2, 0.25) is 0 Å². The van der Waals surface area contributed by atoms with Gasteiger partial charge in [0.05, 0.1) is 0 Å². The van der Waals surface area contributed by atoms with Gasteiger partial charge in [-0.05, 0) is 30.8 Å². The van der Waals surface area contributed by atoms with Gasteiger partial charge in [-0.2, -0.15) is 0 Å². The molecule has 1 saturated carbocycles. The molecule has 0 N–H and O–H groups in total. The molecule has 1 fully saturated rings. The predicted molar refractivity (Wildman–Crippen MR) is 76.3 cm³/mol. The van der Waals surface area contributed by atoms with Crippen molar-refractivity contribution in [2.24, 2.45) is 11.8 Å². The fraction of sp³-hybridized carbons (Fsp3) is 0.765. The van der Waals surface area contributed by atoms with Gasteiger partial charge in [0, 0.05) is 6.42 Å². The summed E-state index contributed by atoms with van der Waals surface area (Å²) in [6.45, 7) is 2.26. The molecule has 102 valence electrons. The molecule has 2 aliphatic rings. The molecule has 0 aromatic heterocycles. The number of hydrogen-bond acceptors (Lipinski definition) is 0. The average molecular weight is 250 g/mol. The number of halogens is 1. The van der Waals surface area contributed by atoms with Crippen molar-refractivity contribution in [3.63, 3.8) is 0 Å². The van der Waals surface area contributed by atoms with E-state index in [2.05, 4.69) is 6.92 Å². The molecule has 0 amide bonds. The second-order valence-electron chi connectivity index (χ2n) is 6.13. The molecule has 0 heterocycles. The van der Waals surface area contributed by atoms with E-state index in [0.717, 1.165) is 18.8 Å². The summed E-state index contributed by atoms with van der Waals surface area (Å²) < 4.78 is 14.8. The summed E-state index contributed by atoms with van der Waals surface area (Å²) in [4.78, 5) is 0. The van der Waals surface area contributed by atoms with E-state index in [4.69, 9.17) is 0 Å². The van der Waals surface area contributed by atoms with Crippen LogP contribution in [0.1, 0.15) is 64.7 Å². The van der Waals surface area contributed by atoms with Gasteiger partial charge in [-0.1, -0.05) is 63.7 Å². The van der Waals surface area contributed by atoms with Crippen molar-refractivity contribution in [3.8, 4) is 0 Å². The van der Waals surface area contributed by atoms with Gasteiger partial charge in [-0.15, -0.1) is 0 Å². The van der Waals surface area contributed by atoms with E-state index in [1.54, 1.807) is 6.08 Å². The van der Waals surface area contributed by atoms with Crippen LogP contribution < -0.4 is 0 Å². The average Bonchev–Trinajstić information content (AvgIpc) is 2.41. The molecule has 0 aromatic carbocycles. The van der Waals surface area contributed by atoms with Crippen LogP contribution in [0.25, 0.3) is 0 Å². The second-order valence-corrected chi connectivity index (χ2v) is 6.13. The van der Waals surface area contributed by atoms with E-state index in [1.165, 1.54) is 38.5 Å². The van der Waals surface area contributed by atoms with Gasteiger partial charge in [0.15, 0.2) is 0 Å². The number of rotatable bonds is 5. The van der Waals surface area contributed by atoms with Crippen LogP contribution in [0, 0.1) is 11.8 Å².